The Kier molecular flexibility index (Phi) is 4.85. The van der Waals surface area contributed by atoms with Gasteiger partial charge in [-0.05, 0) is 74.2 Å². The van der Waals surface area contributed by atoms with Gasteiger partial charge in [-0.25, -0.2) is 18.4 Å². The van der Waals surface area contributed by atoms with Crippen LogP contribution in [0.1, 0.15) is 22.3 Å². The minimum Gasteiger partial charge on any atom is -0.324 e. The molecule has 1 N–H and O–H groups in total. The first-order chi connectivity index (χ1) is 15.8. The fourth-order valence-electron chi connectivity index (χ4n) is 3.83. The second-order valence-electron chi connectivity index (χ2n) is 8.44. The summed E-state index contributed by atoms with van der Waals surface area (Å²) in [4.78, 5) is 25.5. The maximum atomic E-state index is 12.9. The summed E-state index contributed by atoms with van der Waals surface area (Å²) in [6, 6.07) is 13.8. The number of amides is 1. The fraction of sp³-hybridized carbons (Fsp3) is 0.200. The van der Waals surface area contributed by atoms with Crippen molar-refractivity contribution in [2.45, 2.75) is 34.2 Å². The molecule has 0 saturated heterocycles. The third kappa shape index (κ3) is 3.69. The fourth-order valence-corrected chi connectivity index (χ4v) is 3.83. The van der Waals surface area contributed by atoms with Crippen LogP contribution in [0.15, 0.2) is 59.7 Å². The number of benzene rings is 2. The molecular formula is C25H24N6O2. The van der Waals surface area contributed by atoms with Gasteiger partial charge in [-0.15, -0.1) is 5.10 Å². The van der Waals surface area contributed by atoms with Gasteiger partial charge >= 0.3 is 5.69 Å². The average molecular weight is 441 g/mol. The molecule has 0 radical (unpaired) electrons. The summed E-state index contributed by atoms with van der Waals surface area (Å²) in [5, 5.41) is 11.9. The van der Waals surface area contributed by atoms with Gasteiger partial charge in [0.15, 0.2) is 5.65 Å². The van der Waals surface area contributed by atoms with Crippen LogP contribution in [0.25, 0.3) is 22.4 Å². The number of carbonyl (C=O) groups is 1. The molecule has 5 rings (SSSR count). The average Bonchev–Trinajstić information content (AvgIpc) is 3.34. The summed E-state index contributed by atoms with van der Waals surface area (Å²) in [5.41, 5.74) is 7.87. The predicted molar refractivity (Wildman–Crippen MR) is 128 cm³/mol. The zero-order chi connectivity index (χ0) is 23.3. The second-order valence-corrected chi connectivity index (χ2v) is 8.44. The van der Waals surface area contributed by atoms with Crippen molar-refractivity contribution >= 4 is 22.8 Å². The van der Waals surface area contributed by atoms with Crippen LogP contribution in [0, 0.1) is 27.7 Å². The zero-order valence-corrected chi connectivity index (χ0v) is 19.0. The van der Waals surface area contributed by atoms with E-state index in [4.69, 9.17) is 0 Å². The minimum atomic E-state index is -0.378. The van der Waals surface area contributed by atoms with E-state index in [0.717, 1.165) is 22.4 Å². The number of hydrogen-bond donors (Lipinski definition) is 1. The van der Waals surface area contributed by atoms with Crippen LogP contribution < -0.4 is 11.0 Å². The van der Waals surface area contributed by atoms with Crippen LogP contribution in [0.2, 0.25) is 0 Å². The standard InChI is InChI=1S/C25H24N6O2/c1-15-5-7-19(11-17(15)3)21-13-22-24-28-31(25(33)29(24)9-10-30(22)27-21)14-23(32)26-20-8-6-16(2)18(4)12-20/h5-13H,14H2,1-4H3,(H,26,32). The van der Waals surface area contributed by atoms with E-state index in [1.165, 1.54) is 20.2 Å². The lowest BCUT2D eigenvalue weighted by atomic mass is 10.0. The molecule has 0 aliphatic carbocycles. The number of fused-ring (bicyclic) bond motifs is 3. The number of nitrogens with one attached hydrogen (secondary N) is 1. The Morgan fingerprint density at radius 1 is 0.879 bits per heavy atom. The Bertz CT molecular complexity index is 1610. The van der Waals surface area contributed by atoms with E-state index < -0.39 is 0 Å². The number of nitrogens with zero attached hydrogens (tertiary/aromatic N) is 5. The Morgan fingerprint density at radius 2 is 1.61 bits per heavy atom. The van der Waals surface area contributed by atoms with E-state index in [-0.39, 0.29) is 18.1 Å². The third-order valence-corrected chi connectivity index (χ3v) is 6.08. The predicted octanol–water partition coefficient (Wildman–Crippen LogP) is 3.68. The molecule has 0 fully saturated rings. The van der Waals surface area contributed by atoms with Gasteiger partial charge in [-0.2, -0.15) is 5.10 Å². The third-order valence-electron chi connectivity index (χ3n) is 6.08. The molecule has 8 heteroatoms. The normalized spacial score (nSPS) is 11.4. The van der Waals surface area contributed by atoms with Crippen molar-refractivity contribution in [1.82, 2.24) is 23.8 Å². The molecule has 166 valence electrons. The molecule has 1 amide bonds. The van der Waals surface area contributed by atoms with Gasteiger partial charge in [0, 0.05) is 23.6 Å². The van der Waals surface area contributed by atoms with Crippen molar-refractivity contribution in [3.8, 4) is 11.3 Å². The smallest absolute Gasteiger partial charge is 0.324 e. The molecule has 3 aromatic heterocycles. The first-order valence-electron chi connectivity index (χ1n) is 10.7. The second kappa shape index (κ2) is 7.74. The van der Waals surface area contributed by atoms with Crippen molar-refractivity contribution in [3.63, 3.8) is 0 Å². The van der Waals surface area contributed by atoms with Crippen LogP contribution in [0.4, 0.5) is 5.69 Å². The molecule has 0 unspecified atom stereocenters. The number of aryl methyl sites for hydroxylation is 4. The van der Waals surface area contributed by atoms with Crippen molar-refractivity contribution in [3.05, 3.63) is 87.6 Å². The van der Waals surface area contributed by atoms with Crippen LogP contribution >= 0.6 is 0 Å². The van der Waals surface area contributed by atoms with Crippen LogP contribution in [0.3, 0.4) is 0 Å². The van der Waals surface area contributed by atoms with Gasteiger partial charge in [0.2, 0.25) is 5.91 Å². The summed E-state index contributed by atoms with van der Waals surface area (Å²) >= 11 is 0. The van der Waals surface area contributed by atoms with Crippen LogP contribution in [-0.4, -0.2) is 29.7 Å². The summed E-state index contributed by atoms with van der Waals surface area (Å²) < 4.78 is 4.31. The molecule has 5 aromatic rings. The van der Waals surface area contributed by atoms with Gasteiger partial charge in [0.25, 0.3) is 0 Å². The molecule has 0 saturated carbocycles. The van der Waals surface area contributed by atoms with Crippen molar-refractivity contribution in [2.24, 2.45) is 0 Å². The summed E-state index contributed by atoms with van der Waals surface area (Å²) in [5.74, 6) is -0.316. The Balaban J connectivity index is 1.48. The molecular weight excluding hydrogens is 416 g/mol. The van der Waals surface area contributed by atoms with Gasteiger partial charge in [-0.1, -0.05) is 18.2 Å². The molecule has 0 spiro atoms. The number of carbonyl (C=O) groups excluding carboxylic acids is 1. The Hall–Kier alpha value is -4.20. The first kappa shape index (κ1) is 20.7. The molecule has 8 nitrogen and oxygen atoms in total. The van der Waals surface area contributed by atoms with E-state index >= 15 is 0 Å². The van der Waals surface area contributed by atoms with Gasteiger partial charge < -0.3 is 5.32 Å². The van der Waals surface area contributed by atoms with E-state index in [0.29, 0.717) is 16.9 Å². The quantitative estimate of drug-likeness (QED) is 0.462. The van der Waals surface area contributed by atoms with Crippen LogP contribution in [-0.2, 0) is 11.3 Å². The van der Waals surface area contributed by atoms with E-state index in [1.54, 1.807) is 16.9 Å². The summed E-state index contributed by atoms with van der Waals surface area (Å²) in [7, 11) is 0. The molecule has 33 heavy (non-hydrogen) atoms. The summed E-state index contributed by atoms with van der Waals surface area (Å²) in [6.07, 6.45) is 3.34. The lowest BCUT2D eigenvalue weighted by Gasteiger charge is -2.07. The number of rotatable bonds is 4. The SMILES string of the molecule is Cc1ccc(NC(=O)Cn2nc3c4cc(-c5ccc(C)c(C)c5)nn4ccn3c2=O)cc1C. The lowest BCUT2D eigenvalue weighted by Crippen LogP contribution is -2.28. The molecule has 3 heterocycles. The first-order valence-corrected chi connectivity index (χ1v) is 10.7. The van der Waals surface area contributed by atoms with Crippen molar-refractivity contribution in [2.75, 3.05) is 5.32 Å². The number of aromatic nitrogens is 5. The van der Waals surface area contributed by atoms with Crippen LogP contribution in [0.5, 0.6) is 0 Å². The van der Waals surface area contributed by atoms with Gasteiger partial charge in [0.05, 0.1) is 5.69 Å². The van der Waals surface area contributed by atoms with Crippen molar-refractivity contribution in [1.29, 1.82) is 0 Å². The maximum absolute atomic E-state index is 12.9. The minimum absolute atomic E-state index is 0.183. The van der Waals surface area contributed by atoms with Gasteiger partial charge in [-0.3, -0.25) is 4.79 Å². The molecule has 0 atom stereocenters. The van der Waals surface area contributed by atoms with E-state index in [2.05, 4.69) is 41.5 Å². The zero-order valence-electron chi connectivity index (χ0n) is 19.0. The Labute approximate surface area is 190 Å². The number of anilines is 1. The summed E-state index contributed by atoms with van der Waals surface area (Å²) in [6.45, 7) is 7.96. The molecule has 2 aromatic carbocycles. The molecule has 0 aliphatic rings. The highest BCUT2D eigenvalue weighted by molar-refractivity contribution is 5.90. The highest BCUT2D eigenvalue weighted by atomic mass is 16.2. The highest BCUT2D eigenvalue weighted by Crippen LogP contribution is 2.23. The lowest BCUT2D eigenvalue weighted by molar-refractivity contribution is -0.117. The van der Waals surface area contributed by atoms with Crippen molar-refractivity contribution < 1.29 is 4.79 Å². The Morgan fingerprint density at radius 3 is 2.33 bits per heavy atom. The van der Waals surface area contributed by atoms with Gasteiger partial charge in [0.1, 0.15) is 12.1 Å². The van der Waals surface area contributed by atoms with E-state index in [9.17, 15) is 9.59 Å². The largest absolute Gasteiger partial charge is 0.350 e. The monoisotopic (exact) mass is 440 g/mol. The molecule has 0 aliphatic heterocycles. The topological polar surface area (TPSA) is 85.7 Å². The molecule has 0 bridgehead atoms. The van der Waals surface area contributed by atoms with E-state index in [1.807, 2.05) is 44.2 Å². The highest BCUT2D eigenvalue weighted by Gasteiger charge is 2.16. The number of hydrogen-bond acceptors (Lipinski definition) is 4. The maximum Gasteiger partial charge on any atom is 0.350 e.